The lowest BCUT2D eigenvalue weighted by molar-refractivity contribution is -0.104. The Kier molecular flexibility index (Phi) is 6.35. The molecule has 0 aliphatic heterocycles. The Morgan fingerprint density at radius 3 is 2.17 bits per heavy atom. The molecule has 1 nitrogen and oxygen atoms in total. The van der Waals surface area contributed by atoms with Gasteiger partial charge in [0.2, 0.25) is 0 Å². The lowest BCUT2D eigenvalue weighted by Crippen LogP contribution is -1.77. The van der Waals surface area contributed by atoms with E-state index in [9.17, 15) is 4.79 Å². The molecule has 0 aliphatic carbocycles. The van der Waals surface area contributed by atoms with Crippen molar-refractivity contribution in [3.63, 3.8) is 0 Å². The van der Waals surface area contributed by atoms with Crippen LogP contribution in [-0.4, -0.2) is 6.29 Å². The summed E-state index contributed by atoms with van der Waals surface area (Å²) in [6, 6.07) is 0. The normalized spacial score (nSPS) is 11.1. The molecule has 0 spiro atoms. The molecular formula is C11H18O. The number of allylic oxidation sites excluding steroid dienone is 4. The predicted octanol–water partition coefficient (Wildman–Crippen LogP) is 3.27. The summed E-state index contributed by atoms with van der Waals surface area (Å²) in [6.45, 7) is 6.05. The van der Waals surface area contributed by atoms with E-state index in [1.807, 2.05) is 13.0 Å². The molecule has 0 atom stereocenters. The molecule has 0 aromatic rings. The van der Waals surface area contributed by atoms with Gasteiger partial charge in [-0.2, -0.15) is 0 Å². The maximum absolute atomic E-state index is 10.2. The number of unbranched alkanes of at least 4 members (excludes halogenated alkanes) is 2. The first-order valence-electron chi connectivity index (χ1n) is 4.42. The lowest BCUT2D eigenvalue weighted by Gasteiger charge is -1.92. The van der Waals surface area contributed by atoms with Gasteiger partial charge in [0, 0.05) is 0 Å². The van der Waals surface area contributed by atoms with Gasteiger partial charge < -0.3 is 0 Å². The van der Waals surface area contributed by atoms with E-state index < -0.39 is 0 Å². The smallest absolute Gasteiger partial charge is 0.145 e. The van der Waals surface area contributed by atoms with Crippen molar-refractivity contribution in [3.8, 4) is 0 Å². The molecule has 0 aliphatic rings. The second-order valence-electron chi connectivity index (χ2n) is 3.28. The number of rotatable bonds is 5. The van der Waals surface area contributed by atoms with E-state index in [1.54, 1.807) is 0 Å². The van der Waals surface area contributed by atoms with Crippen LogP contribution < -0.4 is 0 Å². The predicted molar refractivity (Wildman–Crippen MR) is 53.1 cm³/mol. The number of hydrogen-bond acceptors (Lipinski definition) is 1. The minimum atomic E-state index is 0.840. The highest BCUT2D eigenvalue weighted by Crippen LogP contribution is 2.02. The fraction of sp³-hybridized carbons (Fsp3) is 0.545. The summed E-state index contributed by atoms with van der Waals surface area (Å²) in [5, 5.41) is 0. The average Bonchev–Trinajstić information content (AvgIpc) is 2.03. The molecule has 1 heteroatoms. The molecule has 0 heterocycles. The molecular weight excluding hydrogens is 148 g/mol. The van der Waals surface area contributed by atoms with Crippen LogP contribution in [0.5, 0.6) is 0 Å². The van der Waals surface area contributed by atoms with E-state index in [0.717, 1.165) is 31.1 Å². The number of hydrogen-bond donors (Lipinski definition) is 0. The Hall–Kier alpha value is -0.850. The Labute approximate surface area is 75.2 Å². The molecule has 68 valence electrons. The zero-order valence-corrected chi connectivity index (χ0v) is 8.26. The van der Waals surface area contributed by atoms with Crippen molar-refractivity contribution in [3.05, 3.63) is 23.3 Å². The standard InChI is InChI=1S/C11H18O/c1-10(2)7-5-4-6-8-11(3)9-12/h7-9H,4-6H2,1-3H3/b11-8+. The highest BCUT2D eigenvalue weighted by atomic mass is 16.1. The van der Waals surface area contributed by atoms with E-state index in [4.69, 9.17) is 0 Å². The van der Waals surface area contributed by atoms with Gasteiger partial charge in [0.05, 0.1) is 0 Å². The number of carbonyl (C=O) groups is 1. The van der Waals surface area contributed by atoms with Crippen LogP contribution in [0.25, 0.3) is 0 Å². The largest absolute Gasteiger partial charge is 0.298 e. The molecule has 0 unspecified atom stereocenters. The van der Waals surface area contributed by atoms with E-state index >= 15 is 0 Å². The molecule has 12 heavy (non-hydrogen) atoms. The van der Waals surface area contributed by atoms with Crippen molar-refractivity contribution in [2.45, 2.75) is 40.0 Å². The molecule has 0 aromatic carbocycles. The summed E-state index contributed by atoms with van der Waals surface area (Å²) in [5.41, 5.74) is 2.21. The van der Waals surface area contributed by atoms with Gasteiger partial charge in [-0.25, -0.2) is 0 Å². The van der Waals surface area contributed by atoms with E-state index in [2.05, 4.69) is 19.9 Å². The average molecular weight is 166 g/mol. The van der Waals surface area contributed by atoms with Crippen molar-refractivity contribution in [2.24, 2.45) is 0 Å². The van der Waals surface area contributed by atoms with Gasteiger partial charge in [0.1, 0.15) is 6.29 Å². The summed E-state index contributed by atoms with van der Waals surface area (Å²) in [6.07, 6.45) is 8.38. The molecule has 0 saturated carbocycles. The topological polar surface area (TPSA) is 17.1 Å². The third-order valence-electron chi connectivity index (χ3n) is 1.61. The van der Waals surface area contributed by atoms with Crippen LogP contribution in [-0.2, 0) is 4.79 Å². The Bertz CT molecular complexity index is 183. The highest BCUT2D eigenvalue weighted by Gasteiger charge is 1.85. The van der Waals surface area contributed by atoms with Crippen LogP contribution in [0.4, 0.5) is 0 Å². The monoisotopic (exact) mass is 166 g/mol. The second kappa shape index (κ2) is 6.84. The third-order valence-corrected chi connectivity index (χ3v) is 1.61. The second-order valence-corrected chi connectivity index (χ2v) is 3.28. The molecule has 0 radical (unpaired) electrons. The van der Waals surface area contributed by atoms with Gasteiger partial charge in [-0.3, -0.25) is 4.79 Å². The quantitative estimate of drug-likeness (QED) is 0.265. The Balaban J connectivity index is 3.45. The van der Waals surface area contributed by atoms with Crippen LogP contribution in [0, 0.1) is 0 Å². The van der Waals surface area contributed by atoms with Crippen molar-refractivity contribution >= 4 is 6.29 Å². The van der Waals surface area contributed by atoms with Gasteiger partial charge in [-0.15, -0.1) is 0 Å². The first-order valence-corrected chi connectivity index (χ1v) is 4.42. The van der Waals surface area contributed by atoms with Crippen LogP contribution in [0.3, 0.4) is 0 Å². The lowest BCUT2D eigenvalue weighted by atomic mass is 10.1. The first kappa shape index (κ1) is 11.2. The SMILES string of the molecule is CC(C)=CCCC/C=C(\C)C=O. The van der Waals surface area contributed by atoms with Crippen molar-refractivity contribution in [1.82, 2.24) is 0 Å². The van der Waals surface area contributed by atoms with Gasteiger partial charge in [0.15, 0.2) is 0 Å². The zero-order valence-electron chi connectivity index (χ0n) is 8.26. The van der Waals surface area contributed by atoms with Gasteiger partial charge >= 0.3 is 0 Å². The van der Waals surface area contributed by atoms with Crippen LogP contribution in [0.1, 0.15) is 40.0 Å². The van der Waals surface area contributed by atoms with Gasteiger partial charge in [-0.1, -0.05) is 17.7 Å². The van der Waals surface area contributed by atoms with Crippen LogP contribution in [0.2, 0.25) is 0 Å². The van der Waals surface area contributed by atoms with Crippen molar-refractivity contribution in [1.29, 1.82) is 0 Å². The van der Waals surface area contributed by atoms with E-state index in [0.29, 0.717) is 0 Å². The molecule has 0 rings (SSSR count). The molecule has 0 N–H and O–H groups in total. The summed E-state index contributed by atoms with van der Waals surface area (Å²) in [7, 11) is 0. The summed E-state index contributed by atoms with van der Waals surface area (Å²) in [5.74, 6) is 0. The van der Waals surface area contributed by atoms with Crippen molar-refractivity contribution in [2.75, 3.05) is 0 Å². The fourth-order valence-corrected chi connectivity index (χ4v) is 0.886. The van der Waals surface area contributed by atoms with Crippen LogP contribution >= 0.6 is 0 Å². The number of aldehydes is 1. The molecule has 0 bridgehead atoms. The summed E-state index contributed by atoms with van der Waals surface area (Å²) in [4.78, 5) is 10.2. The van der Waals surface area contributed by atoms with Crippen LogP contribution in [0.15, 0.2) is 23.3 Å². The number of carbonyl (C=O) groups excluding carboxylic acids is 1. The minimum absolute atomic E-state index is 0.840. The van der Waals surface area contributed by atoms with Crippen molar-refractivity contribution < 1.29 is 4.79 Å². The maximum atomic E-state index is 10.2. The third kappa shape index (κ3) is 7.26. The molecule has 0 amide bonds. The highest BCUT2D eigenvalue weighted by molar-refractivity contribution is 5.71. The van der Waals surface area contributed by atoms with Gasteiger partial charge in [-0.05, 0) is 45.6 Å². The van der Waals surface area contributed by atoms with Gasteiger partial charge in [0.25, 0.3) is 0 Å². The van der Waals surface area contributed by atoms with E-state index in [-0.39, 0.29) is 0 Å². The Morgan fingerprint density at radius 2 is 1.67 bits per heavy atom. The van der Waals surface area contributed by atoms with E-state index in [1.165, 1.54) is 5.57 Å². The minimum Gasteiger partial charge on any atom is -0.298 e. The first-order chi connectivity index (χ1) is 5.66. The maximum Gasteiger partial charge on any atom is 0.145 e. The molecule has 0 fully saturated rings. The summed E-state index contributed by atoms with van der Waals surface area (Å²) < 4.78 is 0. The zero-order chi connectivity index (χ0) is 9.40. The fourth-order valence-electron chi connectivity index (χ4n) is 0.886. The molecule has 0 aromatic heterocycles. The Morgan fingerprint density at radius 1 is 1.08 bits per heavy atom. The summed E-state index contributed by atoms with van der Waals surface area (Å²) >= 11 is 0. The molecule has 0 saturated heterocycles.